The number of hydrogen-bond acceptors (Lipinski definition) is 3. The van der Waals surface area contributed by atoms with Gasteiger partial charge in [-0.15, -0.1) is 6.42 Å². The fourth-order valence-electron chi connectivity index (χ4n) is 1.06. The quantitative estimate of drug-likeness (QED) is 0.747. The van der Waals surface area contributed by atoms with Crippen molar-refractivity contribution in [1.29, 1.82) is 0 Å². The van der Waals surface area contributed by atoms with E-state index in [1.54, 1.807) is 12.1 Å². The SMILES string of the molecule is C#CC(C)(C)NCc1cccc(C(=O)O)n1. The van der Waals surface area contributed by atoms with Crippen molar-refractivity contribution >= 4 is 5.97 Å². The molecule has 0 saturated heterocycles. The maximum atomic E-state index is 10.7. The van der Waals surface area contributed by atoms with Gasteiger partial charge in [0.15, 0.2) is 0 Å². The van der Waals surface area contributed by atoms with Crippen LogP contribution in [0.1, 0.15) is 30.0 Å². The number of rotatable bonds is 4. The Kier molecular flexibility index (Phi) is 3.64. The summed E-state index contributed by atoms with van der Waals surface area (Å²) < 4.78 is 0. The first-order chi connectivity index (χ1) is 7.44. The zero-order chi connectivity index (χ0) is 12.2. The average molecular weight is 218 g/mol. The van der Waals surface area contributed by atoms with E-state index in [0.29, 0.717) is 12.2 Å². The van der Waals surface area contributed by atoms with Crippen molar-refractivity contribution in [3.8, 4) is 12.3 Å². The molecular weight excluding hydrogens is 204 g/mol. The van der Waals surface area contributed by atoms with Crippen molar-refractivity contribution in [2.75, 3.05) is 0 Å². The Labute approximate surface area is 94.7 Å². The van der Waals surface area contributed by atoms with Gasteiger partial charge in [-0.3, -0.25) is 5.32 Å². The first kappa shape index (κ1) is 12.2. The highest BCUT2D eigenvalue weighted by Crippen LogP contribution is 2.03. The van der Waals surface area contributed by atoms with Gasteiger partial charge in [-0.05, 0) is 26.0 Å². The van der Waals surface area contributed by atoms with Gasteiger partial charge in [0.25, 0.3) is 0 Å². The third kappa shape index (κ3) is 3.37. The minimum absolute atomic E-state index is 0.0396. The molecule has 1 heterocycles. The van der Waals surface area contributed by atoms with E-state index in [4.69, 9.17) is 11.5 Å². The third-order valence-electron chi connectivity index (χ3n) is 2.10. The van der Waals surface area contributed by atoms with Gasteiger partial charge >= 0.3 is 5.97 Å². The zero-order valence-corrected chi connectivity index (χ0v) is 9.32. The summed E-state index contributed by atoms with van der Waals surface area (Å²) >= 11 is 0. The van der Waals surface area contributed by atoms with Crippen molar-refractivity contribution in [1.82, 2.24) is 10.3 Å². The van der Waals surface area contributed by atoms with Crippen molar-refractivity contribution < 1.29 is 9.90 Å². The molecular formula is C12H14N2O2. The van der Waals surface area contributed by atoms with Crippen molar-refractivity contribution in [3.63, 3.8) is 0 Å². The van der Waals surface area contributed by atoms with Crippen LogP contribution in [0.5, 0.6) is 0 Å². The summed E-state index contributed by atoms with van der Waals surface area (Å²) in [4.78, 5) is 14.7. The highest BCUT2D eigenvalue weighted by molar-refractivity contribution is 5.85. The van der Waals surface area contributed by atoms with Gasteiger partial charge in [0.05, 0.1) is 11.2 Å². The van der Waals surface area contributed by atoms with Crippen LogP contribution in [0.4, 0.5) is 0 Å². The number of carbonyl (C=O) groups is 1. The molecule has 4 nitrogen and oxygen atoms in total. The second-order valence-electron chi connectivity index (χ2n) is 3.94. The zero-order valence-electron chi connectivity index (χ0n) is 9.32. The highest BCUT2D eigenvalue weighted by atomic mass is 16.4. The van der Waals surface area contributed by atoms with Gasteiger partial charge in [0.1, 0.15) is 5.69 Å². The average Bonchev–Trinajstić information content (AvgIpc) is 2.27. The monoisotopic (exact) mass is 218 g/mol. The number of hydrogen-bond donors (Lipinski definition) is 2. The molecule has 0 saturated carbocycles. The molecule has 0 aromatic carbocycles. The number of aromatic carboxylic acids is 1. The summed E-state index contributed by atoms with van der Waals surface area (Å²) in [6.07, 6.45) is 5.32. The molecule has 0 aliphatic carbocycles. The summed E-state index contributed by atoms with van der Waals surface area (Å²) in [6, 6.07) is 4.88. The Hall–Kier alpha value is -1.86. The normalized spacial score (nSPS) is 10.8. The van der Waals surface area contributed by atoms with Crippen LogP contribution < -0.4 is 5.32 Å². The van der Waals surface area contributed by atoms with E-state index in [2.05, 4.69) is 16.2 Å². The number of carboxylic acid groups (broad SMARTS) is 1. The summed E-state index contributed by atoms with van der Waals surface area (Å²) in [7, 11) is 0. The van der Waals surface area contributed by atoms with Gasteiger partial charge in [-0.25, -0.2) is 9.78 Å². The molecule has 16 heavy (non-hydrogen) atoms. The maximum Gasteiger partial charge on any atom is 0.354 e. The number of aromatic nitrogens is 1. The van der Waals surface area contributed by atoms with Crippen LogP contribution in [0.3, 0.4) is 0 Å². The van der Waals surface area contributed by atoms with Crippen LogP contribution in [0, 0.1) is 12.3 Å². The number of terminal acetylenes is 1. The van der Waals surface area contributed by atoms with E-state index in [1.807, 2.05) is 13.8 Å². The number of nitrogens with zero attached hydrogens (tertiary/aromatic N) is 1. The molecule has 0 atom stereocenters. The topological polar surface area (TPSA) is 62.2 Å². The Morgan fingerprint density at radius 2 is 2.31 bits per heavy atom. The third-order valence-corrected chi connectivity index (χ3v) is 2.10. The lowest BCUT2D eigenvalue weighted by Crippen LogP contribution is -2.37. The van der Waals surface area contributed by atoms with Crippen molar-refractivity contribution in [3.05, 3.63) is 29.6 Å². The molecule has 0 unspecified atom stereocenters. The summed E-state index contributed by atoms with van der Waals surface area (Å²) in [5, 5.41) is 11.9. The lowest BCUT2D eigenvalue weighted by molar-refractivity contribution is 0.0690. The fraction of sp³-hybridized carbons (Fsp3) is 0.333. The second kappa shape index (κ2) is 4.77. The van der Waals surface area contributed by atoms with E-state index in [-0.39, 0.29) is 5.69 Å². The van der Waals surface area contributed by atoms with Gasteiger partial charge in [-0.2, -0.15) is 0 Å². The molecule has 0 radical (unpaired) electrons. The predicted octanol–water partition coefficient (Wildman–Crippen LogP) is 1.28. The van der Waals surface area contributed by atoms with Gasteiger partial charge < -0.3 is 5.11 Å². The molecule has 4 heteroatoms. The largest absolute Gasteiger partial charge is 0.477 e. The molecule has 2 N–H and O–H groups in total. The predicted molar refractivity (Wildman–Crippen MR) is 60.9 cm³/mol. The highest BCUT2D eigenvalue weighted by Gasteiger charge is 2.13. The van der Waals surface area contributed by atoms with Gasteiger partial charge in [0, 0.05) is 6.54 Å². The Morgan fingerprint density at radius 3 is 2.88 bits per heavy atom. The summed E-state index contributed by atoms with van der Waals surface area (Å²) in [5.74, 6) is 1.56. The van der Waals surface area contributed by atoms with Crippen molar-refractivity contribution in [2.24, 2.45) is 0 Å². The van der Waals surface area contributed by atoms with Crippen LogP contribution in [0.2, 0.25) is 0 Å². The number of pyridine rings is 1. The molecule has 0 aliphatic rings. The van der Waals surface area contributed by atoms with Crippen LogP contribution in [-0.4, -0.2) is 21.6 Å². The lowest BCUT2D eigenvalue weighted by atomic mass is 10.1. The van der Waals surface area contributed by atoms with E-state index >= 15 is 0 Å². The molecule has 1 rings (SSSR count). The smallest absolute Gasteiger partial charge is 0.354 e. The van der Waals surface area contributed by atoms with Crippen LogP contribution in [0.15, 0.2) is 18.2 Å². The van der Waals surface area contributed by atoms with Crippen LogP contribution in [0.25, 0.3) is 0 Å². The Morgan fingerprint density at radius 1 is 1.62 bits per heavy atom. The number of nitrogens with one attached hydrogen (secondary N) is 1. The fourth-order valence-corrected chi connectivity index (χ4v) is 1.06. The molecule has 1 aromatic rings. The van der Waals surface area contributed by atoms with E-state index in [9.17, 15) is 4.79 Å². The standard InChI is InChI=1S/C12H14N2O2/c1-4-12(2,3)13-8-9-6-5-7-10(14-9)11(15)16/h1,5-7,13H,8H2,2-3H3,(H,15,16). The van der Waals surface area contributed by atoms with Gasteiger partial charge in [-0.1, -0.05) is 12.0 Å². The van der Waals surface area contributed by atoms with E-state index in [0.717, 1.165) is 0 Å². The van der Waals surface area contributed by atoms with Crippen LogP contribution >= 0.6 is 0 Å². The second-order valence-corrected chi connectivity index (χ2v) is 3.94. The van der Waals surface area contributed by atoms with Gasteiger partial charge in [0.2, 0.25) is 0 Å². The molecule has 0 spiro atoms. The first-order valence-corrected chi connectivity index (χ1v) is 4.86. The molecule has 0 aliphatic heterocycles. The number of carboxylic acids is 1. The molecule has 0 bridgehead atoms. The minimum atomic E-state index is -1.03. The lowest BCUT2D eigenvalue weighted by Gasteiger charge is -2.19. The Bertz CT molecular complexity index is 433. The van der Waals surface area contributed by atoms with E-state index in [1.165, 1.54) is 6.07 Å². The summed E-state index contributed by atoms with van der Waals surface area (Å²) in [5.41, 5.74) is 0.266. The summed E-state index contributed by atoms with van der Waals surface area (Å²) in [6.45, 7) is 4.18. The maximum absolute atomic E-state index is 10.7. The van der Waals surface area contributed by atoms with Crippen LogP contribution in [-0.2, 0) is 6.54 Å². The minimum Gasteiger partial charge on any atom is -0.477 e. The molecule has 0 amide bonds. The molecule has 0 fully saturated rings. The molecule has 84 valence electrons. The van der Waals surface area contributed by atoms with Crippen molar-refractivity contribution in [2.45, 2.75) is 25.9 Å². The molecule has 1 aromatic heterocycles. The first-order valence-electron chi connectivity index (χ1n) is 4.86. The van der Waals surface area contributed by atoms with E-state index < -0.39 is 11.5 Å². The Balaban J connectivity index is 2.72.